The highest BCUT2D eigenvalue weighted by atomic mass is 16.7. The molecule has 0 bridgehead atoms. The zero-order valence-electron chi connectivity index (χ0n) is 20.5. The van der Waals surface area contributed by atoms with E-state index in [9.17, 15) is 4.79 Å². The summed E-state index contributed by atoms with van der Waals surface area (Å²) in [7, 11) is 1.62. The summed E-state index contributed by atoms with van der Waals surface area (Å²) in [6, 6.07) is 7.67. The molecule has 0 saturated carbocycles. The predicted octanol–water partition coefficient (Wildman–Crippen LogP) is 5.00. The molecule has 7 heteroatoms. The molecule has 0 spiro atoms. The van der Waals surface area contributed by atoms with Crippen LogP contribution in [0.4, 0.5) is 4.79 Å². The number of carbonyl (C=O) groups is 1. The van der Waals surface area contributed by atoms with Crippen LogP contribution in [0.2, 0.25) is 0 Å². The highest BCUT2D eigenvalue weighted by Crippen LogP contribution is 2.43. The first-order valence-electron chi connectivity index (χ1n) is 11.3. The lowest BCUT2D eigenvalue weighted by Crippen LogP contribution is -2.42. The summed E-state index contributed by atoms with van der Waals surface area (Å²) in [5.41, 5.74) is 5.00. The van der Waals surface area contributed by atoms with Gasteiger partial charge in [0.05, 0.1) is 6.61 Å². The highest BCUT2D eigenvalue weighted by molar-refractivity contribution is 5.67. The number of alkyl carbamates (subject to hydrolysis) is 1. The molecule has 2 aromatic carbocycles. The van der Waals surface area contributed by atoms with E-state index in [0.29, 0.717) is 19.8 Å². The molecule has 0 radical (unpaired) electrons. The molecule has 1 aliphatic rings. The molecule has 0 aromatic heterocycles. The van der Waals surface area contributed by atoms with Crippen molar-refractivity contribution in [3.05, 3.63) is 52.1 Å². The Balaban J connectivity index is 1.64. The number of ether oxygens (including phenoxy) is 5. The third kappa shape index (κ3) is 5.90. The number of carbonyl (C=O) groups excluding carboxylic acids is 1. The molecule has 33 heavy (non-hydrogen) atoms. The molecule has 1 heterocycles. The van der Waals surface area contributed by atoms with Crippen molar-refractivity contribution in [2.75, 3.05) is 27.1 Å². The van der Waals surface area contributed by atoms with Crippen molar-refractivity contribution >= 4 is 6.09 Å². The number of benzene rings is 2. The Morgan fingerprint density at radius 1 is 1.09 bits per heavy atom. The van der Waals surface area contributed by atoms with E-state index >= 15 is 0 Å². The van der Waals surface area contributed by atoms with Gasteiger partial charge in [-0.15, -0.1) is 0 Å². The standard InChI is InChI=1S/C26H35NO6/c1-7-30-25(28)27-14-20-8-10-21(11-9-20)31-15-26(5)13-12-22-19(4)23(32-16-29-6)17(2)18(3)24(22)33-26/h8-11H,7,12-16H2,1-6H3,(H,27,28). The van der Waals surface area contributed by atoms with E-state index in [2.05, 4.69) is 33.0 Å². The maximum absolute atomic E-state index is 11.4. The molecule has 1 unspecified atom stereocenters. The molecule has 2 aromatic rings. The monoisotopic (exact) mass is 457 g/mol. The van der Waals surface area contributed by atoms with Crippen LogP contribution in [-0.2, 0) is 22.4 Å². The average molecular weight is 458 g/mol. The van der Waals surface area contributed by atoms with E-state index in [1.165, 1.54) is 5.56 Å². The highest BCUT2D eigenvalue weighted by Gasteiger charge is 2.35. The summed E-state index contributed by atoms with van der Waals surface area (Å²) in [6.45, 7) is 11.5. The van der Waals surface area contributed by atoms with Gasteiger partial charge in [-0.25, -0.2) is 4.79 Å². The molecule has 180 valence electrons. The van der Waals surface area contributed by atoms with Crippen LogP contribution >= 0.6 is 0 Å². The number of rotatable bonds is 9. The number of fused-ring (bicyclic) bond motifs is 1. The van der Waals surface area contributed by atoms with Crippen molar-refractivity contribution in [2.24, 2.45) is 0 Å². The Labute approximate surface area is 196 Å². The normalized spacial score (nSPS) is 17.0. The zero-order valence-corrected chi connectivity index (χ0v) is 20.5. The van der Waals surface area contributed by atoms with Gasteiger partial charge in [-0.3, -0.25) is 0 Å². The summed E-state index contributed by atoms with van der Waals surface area (Å²) in [5, 5.41) is 2.71. The van der Waals surface area contributed by atoms with Gasteiger partial charge in [0, 0.05) is 19.2 Å². The minimum absolute atomic E-state index is 0.226. The fourth-order valence-electron chi connectivity index (χ4n) is 4.01. The second-order valence-electron chi connectivity index (χ2n) is 8.62. The Morgan fingerprint density at radius 2 is 1.82 bits per heavy atom. The first-order chi connectivity index (χ1) is 15.8. The number of amides is 1. The van der Waals surface area contributed by atoms with Gasteiger partial charge in [0.25, 0.3) is 0 Å². The molecule has 0 fully saturated rings. The molecular formula is C26H35NO6. The Morgan fingerprint density at radius 3 is 2.48 bits per heavy atom. The van der Waals surface area contributed by atoms with Gasteiger partial charge in [-0.1, -0.05) is 12.1 Å². The molecule has 1 N–H and O–H groups in total. The van der Waals surface area contributed by atoms with Gasteiger partial charge in [0.1, 0.15) is 29.5 Å². The van der Waals surface area contributed by atoms with Crippen molar-refractivity contribution in [1.82, 2.24) is 5.32 Å². The molecule has 1 aliphatic heterocycles. The number of methoxy groups -OCH3 is 1. The first kappa shape index (κ1) is 24.7. The lowest BCUT2D eigenvalue weighted by Gasteiger charge is -2.38. The Bertz CT molecular complexity index is 972. The fraction of sp³-hybridized carbons (Fsp3) is 0.500. The molecule has 3 rings (SSSR count). The SMILES string of the molecule is CCOC(=O)NCc1ccc(OCC2(C)CCc3c(C)c(OCOC)c(C)c(C)c3O2)cc1. The number of nitrogens with one attached hydrogen (secondary N) is 1. The molecule has 0 aliphatic carbocycles. The van der Waals surface area contributed by atoms with Gasteiger partial charge < -0.3 is 29.0 Å². The summed E-state index contributed by atoms with van der Waals surface area (Å²) >= 11 is 0. The summed E-state index contributed by atoms with van der Waals surface area (Å²) < 4.78 is 28.4. The van der Waals surface area contributed by atoms with Gasteiger partial charge in [0.15, 0.2) is 6.79 Å². The molecular weight excluding hydrogens is 422 g/mol. The topological polar surface area (TPSA) is 75.3 Å². The maximum atomic E-state index is 11.4. The first-order valence-corrected chi connectivity index (χ1v) is 11.3. The zero-order chi connectivity index (χ0) is 24.0. The van der Waals surface area contributed by atoms with E-state index < -0.39 is 11.7 Å². The van der Waals surface area contributed by atoms with Crippen LogP contribution in [0.1, 0.15) is 48.1 Å². The van der Waals surface area contributed by atoms with Gasteiger partial charge in [-0.2, -0.15) is 0 Å². The molecule has 0 saturated heterocycles. The Kier molecular flexibility index (Phi) is 8.08. The van der Waals surface area contributed by atoms with E-state index in [1.807, 2.05) is 24.3 Å². The third-order valence-electron chi connectivity index (χ3n) is 6.06. The van der Waals surface area contributed by atoms with Gasteiger partial charge >= 0.3 is 6.09 Å². The van der Waals surface area contributed by atoms with Crippen LogP contribution < -0.4 is 19.5 Å². The minimum atomic E-state index is -0.435. The molecule has 7 nitrogen and oxygen atoms in total. The van der Waals surface area contributed by atoms with Gasteiger partial charge in [-0.05, 0) is 81.8 Å². The van der Waals surface area contributed by atoms with E-state index in [1.54, 1.807) is 14.0 Å². The second kappa shape index (κ2) is 10.8. The van der Waals surface area contributed by atoms with E-state index in [-0.39, 0.29) is 6.79 Å². The number of hydrogen-bond acceptors (Lipinski definition) is 6. The summed E-state index contributed by atoms with van der Waals surface area (Å²) in [5.74, 6) is 2.58. The van der Waals surface area contributed by atoms with Crippen LogP contribution in [0.3, 0.4) is 0 Å². The molecule has 1 atom stereocenters. The van der Waals surface area contributed by atoms with Gasteiger partial charge in [0.2, 0.25) is 0 Å². The van der Waals surface area contributed by atoms with Crippen molar-refractivity contribution in [1.29, 1.82) is 0 Å². The minimum Gasteiger partial charge on any atom is -0.489 e. The molecule has 1 amide bonds. The van der Waals surface area contributed by atoms with Crippen LogP contribution in [0.25, 0.3) is 0 Å². The van der Waals surface area contributed by atoms with Crippen molar-refractivity contribution in [3.63, 3.8) is 0 Å². The smallest absolute Gasteiger partial charge is 0.407 e. The van der Waals surface area contributed by atoms with Crippen molar-refractivity contribution in [2.45, 2.75) is 59.6 Å². The fourth-order valence-corrected chi connectivity index (χ4v) is 4.01. The van der Waals surface area contributed by atoms with Crippen LogP contribution in [-0.4, -0.2) is 38.8 Å². The van der Waals surface area contributed by atoms with Crippen LogP contribution in [0.5, 0.6) is 17.2 Å². The lowest BCUT2D eigenvalue weighted by molar-refractivity contribution is 0.0160. The second-order valence-corrected chi connectivity index (χ2v) is 8.62. The largest absolute Gasteiger partial charge is 0.489 e. The predicted molar refractivity (Wildman–Crippen MR) is 126 cm³/mol. The summed E-state index contributed by atoms with van der Waals surface area (Å²) in [4.78, 5) is 11.4. The Hall–Kier alpha value is -2.93. The number of hydrogen-bond donors (Lipinski definition) is 1. The lowest BCUT2D eigenvalue weighted by atomic mass is 9.87. The average Bonchev–Trinajstić information content (AvgIpc) is 2.81. The maximum Gasteiger partial charge on any atom is 0.407 e. The van der Waals surface area contributed by atoms with Crippen molar-refractivity contribution in [3.8, 4) is 17.2 Å². The third-order valence-corrected chi connectivity index (χ3v) is 6.06. The van der Waals surface area contributed by atoms with E-state index in [4.69, 9.17) is 23.7 Å². The van der Waals surface area contributed by atoms with Crippen molar-refractivity contribution < 1.29 is 28.5 Å². The van der Waals surface area contributed by atoms with Crippen LogP contribution in [0.15, 0.2) is 24.3 Å². The summed E-state index contributed by atoms with van der Waals surface area (Å²) in [6.07, 6.45) is 1.32. The quantitative estimate of drug-likeness (QED) is 0.534. The van der Waals surface area contributed by atoms with E-state index in [0.717, 1.165) is 52.3 Å². The van der Waals surface area contributed by atoms with Crippen LogP contribution in [0, 0.1) is 20.8 Å².